The molecule has 1 aromatic carbocycles. The van der Waals surface area contributed by atoms with Crippen LogP contribution in [0.4, 0.5) is 0 Å². The summed E-state index contributed by atoms with van der Waals surface area (Å²) in [4.78, 5) is 0.211. The van der Waals surface area contributed by atoms with Gasteiger partial charge in [-0.1, -0.05) is 11.8 Å². The Labute approximate surface area is 125 Å². The van der Waals surface area contributed by atoms with E-state index in [0.717, 1.165) is 6.42 Å². The van der Waals surface area contributed by atoms with Crippen molar-refractivity contribution in [1.82, 2.24) is 4.72 Å². The van der Waals surface area contributed by atoms with Crippen molar-refractivity contribution in [2.75, 3.05) is 19.8 Å². The zero-order valence-electron chi connectivity index (χ0n) is 11.9. The normalized spacial score (nSPS) is 19.8. The zero-order chi connectivity index (χ0) is 15.3. The summed E-state index contributed by atoms with van der Waals surface area (Å²) in [6, 6.07) is 6.12. The number of hydrogen-bond donors (Lipinski definition) is 2. The van der Waals surface area contributed by atoms with Gasteiger partial charge in [0.05, 0.1) is 11.5 Å². The fourth-order valence-corrected chi connectivity index (χ4v) is 3.53. The van der Waals surface area contributed by atoms with E-state index < -0.39 is 10.0 Å². The number of hydrogen-bond acceptors (Lipinski definition) is 4. The standard InChI is InChI=1S/C15H19NO4S/c1-12(14-8-10-20-11-14)16-21(18,19)15-6-4-13(5-7-15)3-2-9-17/h4-7,12,14,16-17H,8-11H2,1H3. The smallest absolute Gasteiger partial charge is 0.240 e. The number of aliphatic hydroxyl groups is 1. The van der Waals surface area contributed by atoms with Gasteiger partial charge in [0, 0.05) is 24.1 Å². The minimum Gasteiger partial charge on any atom is -0.384 e. The molecule has 0 saturated carbocycles. The quantitative estimate of drug-likeness (QED) is 0.804. The summed E-state index contributed by atoms with van der Waals surface area (Å²) in [5.74, 6) is 5.46. The number of benzene rings is 1. The molecule has 21 heavy (non-hydrogen) atoms. The van der Waals surface area contributed by atoms with Gasteiger partial charge in [0.1, 0.15) is 6.61 Å². The Morgan fingerprint density at radius 3 is 2.71 bits per heavy atom. The van der Waals surface area contributed by atoms with Crippen molar-refractivity contribution in [2.45, 2.75) is 24.3 Å². The maximum atomic E-state index is 12.3. The third-order valence-electron chi connectivity index (χ3n) is 3.49. The summed E-state index contributed by atoms with van der Waals surface area (Å²) < 4.78 is 32.6. The Kier molecular flexibility index (Phi) is 5.37. The van der Waals surface area contributed by atoms with Crippen LogP contribution in [-0.4, -0.2) is 39.4 Å². The summed E-state index contributed by atoms with van der Waals surface area (Å²) in [5.41, 5.74) is 0.667. The largest absolute Gasteiger partial charge is 0.384 e. The maximum absolute atomic E-state index is 12.3. The van der Waals surface area contributed by atoms with Gasteiger partial charge in [-0.3, -0.25) is 0 Å². The van der Waals surface area contributed by atoms with E-state index >= 15 is 0 Å². The van der Waals surface area contributed by atoms with Crippen LogP contribution in [0.15, 0.2) is 29.2 Å². The van der Waals surface area contributed by atoms with Crippen molar-refractivity contribution in [3.05, 3.63) is 29.8 Å². The van der Waals surface area contributed by atoms with Crippen LogP contribution >= 0.6 is 0 Å². The first-order valence-electron chi connectivity index (χ1n) is 6.83. The van der Waals surface area contributed by atoms with Crippen LogP contribution in [0, 0.1) is 17.8 Å². The van der Waals surface area contributed by atoms with Crippen LogP contribution in [0.2, 0.25) is 0 Å². The number of nitrogens with one attached hydrogen (secondary N) is 1. The Morgan fingerprint density at radius 1 is 1.43 bits per heavy atom. The Morgan fingerprint density at radius 2 is 2.14 bits per heavy atom. The predicted molar refractivity (Wildman–Crippen MR) is 79.1 cm³/mol. The number of rotatable bonds is 4. The van der Waals surface area contributed by atoms with E-state index in [9.17, 15) is 8.42 Å². The Bertz CT molecular complexity index is 622. The fourth-order valence-electron chi connectivity index (χ4n) is 2.22. The van der Waals surface area contributed by atoms with E-state index in [-0.39, 0.29) is 23.5 Å². The number of ether oxygens (including phenoxy) is 1. The lowest BCUT2D eigenvalue weighted by Crippen LogP contribution is -2.38. The lowest BCUT2D eigenvalue weighted by Gasteiger charge is -2.19. The number of aliphatic hydroxyl groups excluding tert-OH is 1. The minimum atomic E-state index is -3.54. The van der Waals surface area contributed by atoms with Crippen LogP contribution in [0.5, 0.6) is 0 Å². The molecule has 0 radical (unpaired) electrons. The molecule has 0 aromatic heterocycles. The summed E-state index contributed by atoms with van der Waals surface area (Å²) in [6.45, 7) is 2.93. The lowest BCUT2D eigenvalue weighted by molar-refractivity contribution is 0.180. The van der Waals surface area contributed by atoms with E-state index in [1.54, 1.807) is 12.1 Å². The molecule has 1 aromatic rings. The van der Waals surface area contributed by atoms with E-state index in [0.29, 0.717) is 18.8 Å². The molecule has 1 aliphatic heterocycles. The van der Waals surface area contributed by atoms with Gasteiger partial charge in [-0.15, -0.1) is 0 Å². The molecule has 1 aliphatic rings. The molecule has 2 rings (SSSR count). The summed E-state index contributed by atoms with van der Waals surface area (Å²) in [6.07, 6.45) is 0.874. The molecule has 2 N–H and O–H groups in total. The van der Waals surface area contributed by atoms with Crippen LogP contribution < -0.4 is 4.72 Å². The van der Waals surface area contributed by atoms with E-state index in [4.69, 9.17) is 9.84 Å². The van der Waals surface area contributed by atoms with Gasteiger partial charge in [-0.25, -0.2) is 13.1 Å². The third-order valence-corrected chi connectivity index (χ3v) is 5.06. The topological polar surface area (TPSA) is 75.6 Å². The molecule has 1 fully saturated rings. The molecule has 5 nitrogen and oxygen atoms in total. The molecule has 0 aliphatic carbocycles. The Balaban J connectivity index is 2.08. The molecule has 114 valence electrons. The minimum absolute atomic E-state index is 0.161. The van der Waals surface area contributed by atoms with Crippen LogP contribution in [0.3, 0.4) is 0 Å². The van der Waals surface area contributed by atoms with Gasteiger partial charge in [-0.05, 0) is 37.6 Å². The highest BCUT2D eigenvalue weighted by Gasteiger charge is 2.26. The highest BCUT2D eigenvalue weighted by atomic mass is 32.2. The molecule has 1 heterocycles. The molecule has 1 saturated heterocycles. The molecule has 0 bridgehead atoms. The van der Waals surface area contributed by atoms with E-state index in [2.05, 4.69) is 16.6 Å². The van der Waals surface area contributed by atoms with Gasteiger partial charge < -0.3 is 9.84 Å². The van der Waals surface area contributed by atoms with Crippen molar-refractivity contribution in [3.8, 4) is 11.8 Å². The van der Waals surface area contributed by atoms with Crippen molar-refractivity contribution in [1.29, 1.82) is 0 Å². The second-order valence-corrected chi connectivity index (χ2v) is 6.73. The lowest BCUT2D eigenvalue weighted by atomic mass is 10.0. The average Bonchev–Trinajstić information content (AvgIpc) is 2.99. The number of sulfonamides is 1. The molecule has 2 unspecified atom stereocenters. The molecule has 0 spiro atoms. The second-order valence-electron chi connectivity index (χ2n) is 5.02. The first-order valence-corrected chi connectivity index (χ1v) is 8.31. The highest BCUT2D eigenvalue weighted by molar-refractivity contribution is 7.89. The highest BCUT2D eigenvalue weighted by Crippen LogP contribution is 2.19. The van der Waals surface area contributed by atoms with Gasteiger partial charge >= 0.3 is 0 Å². The first-order chi connectivity index (χ1) is 10.0. The van der Waals surface area contributed by atoms with Crippen molar-refractivity contribution in [2.24, 2.45) is 5.92 Å². The van der Waals surface area contributed by atoms with Crippen LogP contribution in [0.1, 0.15) is 18.9 Å². The summed E-state index contributed by atoms with van der Waals surface area (Å²) >= 11 is 0. The predicted octanol–water partition coefficient (Wildman–Crippen LogP) is 0.734. The van der Waals surface area contributed by atoms with Gasteiger partial charge in [0.15, 0.2) is 0 Å². The molecular weight excluding hydrogens is 290 g/mol. The Hall–Kier alpha value is -1.39. The molecular formula is C15H19NO4S. The van der Waals surface area contributed by atoms with E-state index in [1.807, 2.05) is 6.92 Å². The summed E-state index contributed by atoms with van der Waals surface area (Å²) in [5, 5.41) is 8.62. The average molecular weight is 309 g/mol. The second kappa shape index (κ2) is 7.05. The van der Waals surface area contributed by atoms with Gasteiger partial charge in [0.2, 0.25) is 10.0 Å². The van der Waals surface area contributed by atoms with Gasteiger partial charge in [0.25, 0.3) is 0 Å². The SMILES string of the molecule is CC(NS(=O)(=O)c1ccc(C#CCO)cc1)C1CCOC1. The van der Waals surface area contributed by atoms with Gasteiger partial charge in [-0.2, -0.15) is 0 Å². The van der Waals surface area contributed by atoms with Crippen molar-refractivity contribution in [3.63, 3.8) is 0 Å². The summed E-state index contributed by atoms with van der Waals surface area (Å²) in [7, 11) is -3.54. The maximum Gasteiger partial charge on any atom is 0.240 e. The van der Waals surface area contributed by atoms with E-state index in [1.165, 1.54) is 12.1 Å². The molecule has 0 amide bonds. The first kappa shape index (κ1) is 16.0. The van der Waals surface area contributed by atoms with Crippen molar-refractivity contribution < 1.29 is 18.3 Å². The third kappa shape index (κ3) is 4.29. The van der Waals surface area contributed by atoms with Crippen molar-refractivity contribution >= 4 is 10.0 Å². The van der Waals surface area contributed by atoms with Crippen LogP contribution in [-0.2, 0) is 14.8 Å². The fraction of sp³-hybridized carbons (Fsp3) is 0.467. The molecule has 2 atom stereocenters. The van der Waals surface area contributed by atoms with Crippen LogP contribution in [0.25, 0.3) is 0 Å². The molecule has 6 heteroatoms. The zero-order valence-corrected chi connectivity index (χ0v) is 12.7. The monoisotopic (exact) mass is 309 g/mol.